The van der Waals surface area contributed by atoms with Crippen LogP contribution in [0.2, 0.25) is 0 Å². The lowest BCUT2D eigenvalue weighted by Gasteiger charge is -2.10. The first kappa shape index (κ1) is 19.2. The number of hydrogen-bond acceptors (Lipinski definition) is 7. The number of rotatable bonds is 8. The number of carbonyl (C=O) groups excluding carboxylic acids is 1. The summed E-state index contributed by atoms with van der Waals surface area (Å²) in [5.41, 5.74) is 1.40. The van der Waals surface area contributed by atoms with Crippen LogP contribution in [0.5, 0.6) is 17.2 Å². The highest BCUT2D eigenvalue weighted by molar-refractivity contribution is 5.91. The van der Waals surface area contributed by atoms with Crippen LogP contribution in [0.25, 0.3) is 11.4 Å². The fourth-order valence-corrected chi connectivity index (χ4v) is 2.59. The number of amides is 1. The molecule has 0 atom stereocenters. The summed E-state index contributed by atoms with van der Waals surface area (Å²) in [5.74, 6) is 2.51. The van der Waals surface area contributed by atoms with E-state index < -0.39 is 0 Å². The van der Waals surface area contributed by atoms with Crippen molar-refractivity contribution in [2.75, 3.05) is 26.6 Å². The molecular weight excluding hydrogens is 362 g/mol. The van der Waals surface area contributed by atoms with Gasteiger partial charge in [-0.05, 0) is 24.3 Å². The van der Waals surface area contributed by atoms with Gasteiger partial charge in [0.05, 0.1) is 21.3 Å². The number of benzene rings is 2. The van der Waals surface area contributed by atoms with Gasteiger partial charge in [-0.25, -0.2) is 0 Å². The van der Waals surface area contributed by atoms with Gasteiger partial charge in [-0.1, -0.05) is 17.3 Å². The summed E-state index contributed by atoms with van der Waals surface area (Å²) in [4.78, 5) is 16.5. The molecule has 0 saturated carbocycles. The van der Waals surface area contributed by atoms with Gasteiger partial charge in [-0.15, -0.1) is 0 Å². The third kappa shape index (κ3) is 4.59. The van der Waals surface area contributed by atoms with E-state index in [9.17, 15) is 4.79 Å². The van der Waals surface area contributed by atoms with Crippen molar-refractivity contribution in [1.29, 1.82) is 0 Å². The zero-order valence-electron chi connectivity index (χ0n) is 15.9. The molecular formula is C20H21N3O5. The number of aromatic nitrogens is 2. The molecule has 8 heteroatoms. The lowest BCUT2D eigenvalue weighted by Crippen LogP contribution is -2.12. The first-order chi connectivity index (χ1) is 13.6. The third-order valence-electron chi connectivity index (χ3n) is 4.03. The molecule has 1 aromatic heterocycles. The molecule has 0 aliphatic heterocycles. The number of methoxy groups -OCH3 is 3. The van der Waals surface area contributed by atoms with E-state index in [2.05, 4.69) is 15.5 Å². The molecule has 146 valence electrons. The second-order valence-corrected chi connectivity index (χ2v) is 5.86. The molecule has 28 heavy (non-hydrogen) atoms. The van der Waals surface area contributed by atoms with Crippen molar-refractivity contribution < 1.29 is 23.5 Å². The van der Waals surface area contributed by atoms with Gasteiger partial charge in [-0.3, -0.25) is 4.79 Å². The smallest absolute Gasteiger partial charge is 0.227 e. The molecule has 0 saturated heterocycles. The number of nitrogens with zero attached hydrogens (tertiary/aromatic N) is 2. The number of hydrogen-bond donors (Lipinski definition) is 1. The maximum absolute atomic E-state index is 12.2. The minimum Gasteiger partial charge on any atom is -0.497 e. The van der Waals surface area contributed by atoms with Crippen molar-refractivity contribution in [3.63, 3.8) is 0 Å². The SMILES string of the molecule is COc1cccc(-c2noc(CCC(=O)Nc3ccc(OC)c(OC)c3)n2)c1. The van der Waals surface area contributed by atoms with E-state index in [1.807, 2.05) is 24.3 Å². The Kier molecular flexibility index (Phi) is 6.11. The molecule has 2 aromatic carbocycles. The van der Waals surface area contributed by atoms with E-state index in [0.29, 0.717) is 41.1 Å². The van der Waals surface area contributed by atoms with Gasteiger partial charge in [0.2, 0.25) is 17.6 Å². The van der Waals surface area contributed by atoms with Crippen molar-refractivity contribution in [2.24, 2.45) is 0 Å². The van der Waals surface area contributed by atoms with Crippen LogP contribution in [0.4, 0.5) is 5.69 Å². The summed E-state index contributed by atoms with van der Waals surface area (Å²) in [5, 5.41) is 6.77. The minimum absolute atomic E-state index is 0.173. The zero-order chi connectivity index (χ0) is 19.9. The molecule has 0 spiro atoms. The van der Waals surface area contributed by atoms with Crippen LogP contribution in [0.15, 0.2) is 47.0 Å². The molecule has 0 aliphatic rings. The van der Waals surface area contributed by atoms with Crippen LogP contribution in [0.3, 0.4) is 0 Å². The fourth-order valence-electron chi connectivity index (χ4n) is 2.59. The van der Waals surface area contributed by atoms with Crippen molar-refractivity contribution in [3.8, 4) is 28.6 Å². The summed E-state index contributed by atoms with van der Waals surface area (Å²) in [6.45, 7) is 0. The van der Waals surface area contributed by atoms with E-state index in [4.69, 9.17) is 18.7 Å². The quantitative estimate of drug-likeness (QED) is 0.637. The van der Waals surface area contributed by atoms with Crippen LogP contribution < -0.4 is 19.5 Å². The molecule has 1 N–H and O–H groups in total. The topological polar surface area (TPSA) is 95.7 Å². The van der Waals surface area contributed by atoms with Gasteiger partial charge in [0.25, 0.3) is 0 Å². The van der Waals surface area contributed by atoms with Crippen LogP contribution in [-0.4, -0.2) is 37.4 Å². The number of anilines is 1. The van der Waals surface area contributed by atoms with Crippen molar-refractivity contribution in [2.45, 2.75) is 12.8 Å². The third-order valence-corrected chi connectivity index (χ3v) is 4.03. The Morgan fingerprint density at radius 2 is 1.86 bits per heavy atom. The van der Waals surface area contributed by atoms with Gasteiger partial charge in [-0.2, -0.15) is 4.98 Å². The molecule has 1 heterocycles. The summed E-state index contributed by atoms with van der Waals surface area (Å²) >= 11 is 0. The van der Waals surface area contributed by atoms with Crippen molar-refractivity contribution in [3.05, 3.63) is 48.4 Å². The highest BCUT2D eigenvalue weighted by atomic mass is 16.5. The molecule has 1 amide bonds. The Morgan fingerprint density at radius 1 is 1.04 bits per heavy atom. The zero-order valence-corrected chi connectivity index (χ0v) is 15.9. The van der Waals surface area contributed by atoms with Crippen LogP contribution in [0, 0.1) is 0 Å². The molecule has 0 aliphatic carbocycles. The Labute approximate surface area is 162 Å². The van der Waals surface area contributed by atoms with Crippen LogP contribution in [0.1, 0.15) is 12.3 Å². The molecule has 0 unspecified atom stereocenters. The Hall–Kier alpha value is -3.55. The molecule has 3 aromatic rings. The predicted octanol–water partition coefficient (Wildman–Crippen LogP) is 3.33. The normalized spacial score (nSPS) is 10.4. The monoisotopic (exact) mass is 383 g/mol. The fraction of sp³-hybridized carbons (Fsp3) is 0.250. The second-order valence-electron chi connectivity index (χ2n) is 5.86. The van der Waals surface area contributed by atoms with E-state index >= 15 is 0 Å². The summed E-state index contributed by atoms with van der Waals surface area (Å²) < 4.78 is 20.8. The Balaban J connectivity index is 1.58. The van der Waals surface area contributed by atoms with Gasteiger partial charge in [0.1, 0.15) is 5.75 Å². The first-order valence-corrected chi connectivity index (χ1v) is 8.62. The maximum Gasteiger partial charge on any atom is 0.227 e. The van der Waals surface area contributed by atoms with E-state index in [1.165, 1.54) is 0 Å². The van der Waals surface area contributed by atoms with Crippen LogP contribution in [-0.2, 0) is 11.2 Å². The minimum atomic E-state index is -0.173. The van der Waals surface area contributed by atoms with E-state index in [1.54, 1.807) is 39.5 Å². The molecule has 3 rings (SSSR count). The van der Waals surface area contributed by atoms with E-state index in [0.717, 1.165) is 5.56 Å². The predicted molar refractivity (Wildman–Crippen MR) is 103 cm³/mol. The average Bonchev–Trinajstić information content (AvgIpc) is 3.21. The first-order valence-electron chi connectivity index (χ1n) is 8.62. The number of ether oxygens (including phenoxy) is 3. The summed E-state index contributed by atoms with van der Waals surface area (Å²) in [6, 6.07) is 12.5. The van der Waals surface area contributed by atoms with Gasteiger partial charge in [0, 0.05) is 30.2 Å². The molecule has 0 bridgehead atoms. The lowest BCUT2D eigenvalue weighted by molar-refractivity contribution is -0.116. The largest absolute Gasteiger partial charge is 0.497 e. The second kappa shape index (κ2) is 8.90. The Morgan fingerprint density at radius 3 is 2.61 bits per heavy atom. The van der Waals surface area contributed by atoms with Crippen LogP contribution >= 0.6 is 0 Å². The van der Waals surface area contributed by atoms with E-state index in [-0.39, 0.29) is 12.3 Å². The Bertz CT molecular complexity index is 955. The average molecular weight is 383 g/mol. The lowest BCUT2D eigenvalue weighted by atomic mass is 10.2. The highest BCUT2D eigenvalue weighted by Crippen LogP contribution is 2.29. The van der Waals surface area contributed by atoms with Gasteiger partial charge >= 0.3 is 0 Å². The highest BCUT2D eigenvalue weighted by Gasteiger charge is 2.12. The number of carbonyl (C=O) groups is 1. The standard InChI is InChI=1S/C20H21N3O5/c1-25-15-6-4-5-13(11-15)20-22-19(28-23-20)10-9-18(24)21-14-7-8-16(26-2)17(12-14)27-3/h4-8,11-12H,9-10H2,1-3H3,(H,21,24). The number of aryl methyl sites for hydroxylation is 1. The van der Waals surface area contributed by atoms with Crippen molar-refractivity contribution >= 4 is 11.6 Å². The number of nitrogens with one attached hydrogen (secondary N) is 1. The van der Waals surface area contributed by atoms with Gasteiger partial charge in [0.15, 0.2) is 11.5 Å². The molecule has 8 nitrogen and oxygen atoms in total. The van der Waals surface area contributed by atoms with Gasteiger partial charge < -0.3 is 24.1 Å². The summed E-state index contributed by atoms with van der Waals surface area (Å²) in [7, 11) is 4.69. The summed E-state index contributed by atoms with van der Waals surface area (Å²) in [6.07, 6.45) is 0.532. The maximum atomic E-state index is 12.2. The molecule has 0 fully saturated rings. The van der Waals surface area contributed by atoms with Crippen molar-refractivity contribution in [1.82, 2.24) is 10.1 Å². The molecule has 0 radical (unpaired) electrons.